The SMILES string of the molecule is Cc1ccc(-n2cccc2[C@H]2[C@H](c3ccccn3)NC(=S)N2c2ccc(OC3CCCC3)cc2)cc1C. The van der Waals surface area contributed by atoms with Gasteiger partial charge in [-0.1, -0.05) is 12.1 Å². The number of aryl methyl sites for hydroxylation is 2. The lowest BCUT2D eigenvalue weighted by atomic mass is 10.0. The molecule has 0 bridgehead atoms. The van der Waals surface area contributed by atoms with Crippen LogP contribution in [-0.4, -0.2) is 20.8 Å². The molecule has 1 aliphatic heterocycles. The summed E-state index contributed by atoms with van der Waals surface area (Å²) in [6.45, 7) is 4.31. The molecule has 2 atom stereocenters. The molecule has 1 saturated carbocycles. The predicted molar refractivity (Wildman–Crippen MR) is 153 cm³/mol. The normalized spacial score (nSPS) is 19.8. The molecule has 0 amide bonds. The minimum atomic E-state index is -0.0942. The molecule has 0 radical (unpaired) electrons. The summed E-state index contributed by atoms with van der Waals surface area (Å²) in [6.07, 6.45) is 9.11. The molecule has 6 rings (SSSR count). The summed E-state index contributed by atoms with van der Waals surface area (Å²) < 4.78 is 8.50. The number of nitrogens with zero attached hydrogens (tertiary/aromatic N) is 3. The molecule has 6 heteroatoms. The molecule has 5 nitrogen and oxygen atoms in total. The fourth-order valence-corrected chi connectivity index (χ4v) is 5.91. The van der Waals surface area contributed by atoms with Crippen LogP contribution in [0.5, 0.6) is 5.75 Å². The Hall–Kier alpha value is -3.64. The smallest absolute Gasteiger partial charge is 0.174 e. The minimum Gasteiger partial charge on any atom is -0.490 e. The van der Waals surface area contributed by atoms with Crippen LogP contribution in [-0.2, 0) is 0 Å². The quantitative estimate of drug-likeness (QED) is 0.284. The maximum absolute atomic E-state index is 6.23. The van der Waals surface area contributed by atoms with E-state index in [-0.39, 0.29) is 12.1 Å². The second-order valence-corrected chi connectivity index (χ2v) is 10.5. The Balaban J connectivity index is 1.40. The Labute approximate surface area is 224 Å². The van der Waals surface area contributed by atoms with E-state index in [4.69, 9.17) is 21.9 Å². The molecule has 1 saturated heterocycles. The van der Waals surface area contributed by atoms with Crippen LogP contribution in [0.1, 0.15) is 60.3 Å². The van der Waals surface area contributed by atoms with Gasteiger partial charge in [-0.25, -0.2) is 0 Å². The monoisotopic (exact) mass is 508 g/mol. The van der Waals surface area contributed by atoms with Crippen molar-refractivity contribution < 1.29 is 4.74 Å². The average molecular weight is 509 g/mol. The molecule has 1 N–H and O–H groups in total. The van der Waals surface area contributed by atoms with Crippen LogP contribution in [0.25, 0.3) is 5.69 Å². The van der Waals surface area contributed by atoms with Crippen molar-refractivity contribution in [3.8, 4) is 11.4 Å². The van der Waals surface area contributed by atoms with Crippen molar-refractivity contribution in [2.75, 3.05) is 4.90 Å². The van der Waals surface area contributed by atoms with Crippen molar-refractivity contribution in [1.82, 2.24) is 14.9 Å². The summed E-state index contributed by atoms with van der Waals surface area (Å²) in [5.41, 5.74) is 6.85. The number of hydrogen-bond donors (Lipinski definition) is 1. The van der Waals surface area contributed by atoms with E-state index in [0.29, 0.717) is 11.2 Å². The summed E-state index contributed by atoms with van der Waals surface area (Å²) in [5, 5.41) is 4.27. The van der Waals surface area contributed by atoms with Gasteiger partial charge in [0.05, 0.1) is 17.8 Å². The van der Waals surface area contributed by atoms with Crippen LogP contribution in [0.3, 0.4) is 0 Å². The third-order valence-corrected chi connectivity index (χ3v) is 7.98. The fraction of sp³-hybridized carbons (Fsp3) is 0.290. The number of rotatable bonds is 6. The molecule has 3 heterocycles. The molecule has 2 aliphatic rings. The largest absolute Gasteiger partial charge is 0.490 e. The molecule has 4 aromatic rings. The van der Waals surface area contributed by atoms with Gasteiger partial charge < -0.3 is 19.5 Å². The molecular formula is C31H32N4OS. The number of nitrogens with one attached hydrogen (secondary N) is 1. The third-order valence-electron chi connectivity index (χ3n) is 7.67. The summed E-state index contributed by atoms with van der Waals surface area (Å²) in [7, 11) is 0. The van der Waals surface area contributed by atoms with Gasteiger partial charge in [0.15, 0.2) is 5.11 Å². The van der Waals surface area contributed by atoms with E-state index >= 15 is 0 Å². The lowest BCUT2D eigenvalue weighted by molar-refractivity contribution is 0.210. The minimum absolute atomic E-state index is 0.0828. The Bertz CT molecular complexity index is 1390. The zero-order valence-corrected chi connectivity index (χ0v) is 22.1. The number of benzene rings is 2. The van der Waals surface area contributed by atoms with Crippen LogP contribution in [0.4, 0.5) is 5.69 Å². The van der Waals surface area contributed by atoms with E-state index in [1.165, 1.54) is 24.0 Å². The zero-order chi connectivity index (χ0) is 25.4. The van der Waals surface area contributed by atoms with E-state index in [2.05, 4.69) is 95.5 Å². The highest BCUT2D eigenvalue weighted by Gasteiger charge is 2.42. The lowest BCUT2D eigenvalue weighted by Gasteiger charge is -2.29. The number of aromatic nitrogens is 2. The van der Waals surface area contributed by atoms with E-state index in [1.54, 1.807) is 0 Å². The lowest BCUT2D eigenvalue weighted by Crippen LogP contribution is -2.30. The standard InChI is InChI=1S/C31H32N4OS/c1-21-12-13-24(20-22(21)2)34-19-7-11-28(34)30-29(27-10-5-6-18-32-27)33-31(37)35(30)23-14-16-26(17-15-23)36-25-8-3-4-9-25/h5-7,10-20,25,29-30H,3-4,8-9H2,1-2H3,(H,33,37)/t29-,30-/m0/s1. The van der Waals surface area contributed by atoms with Gasteiger partial charge in [0.1, 0.15) is 11.8 Å². The molecule has 37 heavy (non-hydrogen) atoms. The first kappa shape index (κ1) is 23.7. The molecule has 2 fully saturated rings. The summed E-state index contributed by atoms with van der Waals surface area (Å²) in [4.78, 5) is 6.93. The van der Waals surface area contributed by atoms with Crippen molar-refractivity contribution in [3.05, 3.63) is 108 Å². The number of pyridine rings is 1. The number of ether oxygens (including phenoxy) is 1. The van der Waals surface area contributed by atoms with Crippen molar-refractivity contribution in [3.63, 3.8) is 0 Å². The highest BCUT2D eigenvalue weighted by Crippen LogP contribution is 2.42. The maximum Gasteiger partial charge on any atom is 0.174 e. The van der Waals surface area contributed by atoms with Gasteiger partial charge in [-0.3, -0.25) is 4.98 Å². The zero-order valence-electron chi connectivity index (χ0n) is 21.3. The molecule has 1 aliphatic carbocycles. The van der Waals surface area contributed by atoms with E-state index in [9.17, 15) is 0 Å². The first-order chi connectivity index (χ1) is 18.1. The topological polar surface area (TPSA) is 42.3 Å². The average Bonchev–Trinajstić information content (AvgIpc) is 3.67. The van der Waals surface area contributed by atoms with Gasteiger partial charge in [-0.2, -0.15) is 0 Å². The first-order valence-corrected chi connectivity index (χ1v) is 13.5. The molecule has 0 spiro atoms. The number of thiocarbonyl (C=S) groups is 1. The van der Waals surface area contributed by atoms with Gasteiger partial charge >= 0.3 is 0 Å². The van der Waals surface area contributed by atoms with E-state index in [0.717, 1.165) is 41.4 Å². The van der Waals surface area contributed by atoms with Crippen LogP contribution in [0, 0.1) is 13.8 Å². The predicted octanol–water partition coefficient (Wildman–Crippen LogP) is 6.99. The van der Waals surface area contributed by atoms with Gasteiger partial charge in [0.2, 0.25) is 0 Å². The highest BCUT2D eigenvalue weighted by atomic mass is 32.1. The Morgan fingerprint density at radius 3 is 2.41 bits per heavy atom. The van der Waals surface area contributed by atoms with Crippen LogP contribution in [0.15, 0.2) is 85.2 Å². The second kappa shape index (κ2) is 10.0. The molecule has 0 unspecified atom stereocenters. The second-order valence-electron chi connectivity index (χ2n) is 10.1. The number of anilines is 1. The fourth-order valence-electron chi connectivity index (χ4n) is 5.56. The van der Waals surface area contributed by atoms with Gasteiger partial charge in [-0.05, 0) is 124 Å². The van der Waals surface area contributed by atoms with Crippen LogP contribution < -0.4 is 15.0 Å². The van der Waals surface area contributed by atoms with Crippen molar-refractivity contribution in [2.24, 2.45) is 0 Å². The van der Waals surface area contributed by atoms with Crippen molar-refractivity contribution >= 4 is 23.0 Å². The Morgan fingerprint density at radius 2 is 1.68 bits per heavy atom. The van der Waals surface area contributed by atoms with Crippen LogP contribution >= 0.6 is 12.2 Å². The molecule has 2 aromatic carbocycles. The van der Waals surface area contributed by atoms with E-state index < -0.39 is 0 Å². The highest BCUT2D eigenvalue weighted by molar-refractivity contribution is 7.80. The summed E-state index contributed by atoms with van der Waals surface area (Å²) in [6, 6.07) is 25.2. The van der Waals surface area contributed by atoms with Crippen molar-refractivity contribution in [2.45, 2.75) is 57.7 Å². The number of hydrogen-bond acceptors (Lipinski definition) is 3. The molecule has 188 valence electrons. The van der Waals surface area contributed by atoms with Gasteiger partial charge in [0.25, 0.3) is 0 Å². The summed E-state index contributed by atoms with van der Waals surface area (Å²) in [5.74, 6) is 0.921. The van der Waals surface area contributed by atoms with E-state index in [1.807, 2.05) is 18.3 Å². The Kier molecular flexibility index (Phi) is 6.43. The molecular weight excluding hydrogens is 476 g/mol. The first-order valence-electron chi connectivity index (χ1n) is 13.1. The maximum atomic E-state index is 6.23. The molecule has 2 aromatic heterocycles. The summed E-state index contributed by atoms with van der Waals surface area (Å²) >= 11 is 5.94. The van der Waals surface area contributed by atoms with Gasteiger partial charge in [-0.15, -0.1) is 0 Å². The van der Waals surface area contributed by atoms with Crippen molar-refractivity contribution in [1.29, 1.82) is 0 Å². The Morgan fingerprint density at radius 1 is 0.892 bits per heavy atom. The third kappa shape index (κ3) is 4.62. The van der Waals surface area contributed by atoms with Gasteiger partial charge in [0, 0.05) is 29.5 Å². The van der Waals surface area contributed by atoms with Crippen LogP contribution in [0.2, 0.25) is 0 Å².